The van der Waals surface area contributed by atoms with Gasteiger partial charge < -0.3 is 9.88 Å². The second-order valence-electron chi connectivity index (χ2n) is 14.5. The number of fused-ring (bicyclic) bond motifs is 10. The molecule has 56 heavy (non-hydrogen) atoms. The summed E-state index contributed by atoms with van der Waals surface area (Å²) in [6.07, 6.45) is 18.7. The lowest BCUT2D eigenvalue weighted by molar-refractivity contribution is 0.832. The van der Waals surface area contributed by atoms with Crippen LogP contribution in [0.2, 0.25) is 0 Å². The van der Waals surface area contributed by atoms with E-state index >= 15 is 0 Å². The first kappa shape index (κ1) is 33.4. The molecule has 2 heteroatoms. The molecular weight excluding hydrogens is 677 g/mol. The third-order valence-electron chi connectivity index (χ3n) is 11.2. The molecule has 1 aliphatic rings. The van der Waals surface area contributed by atoms with Gasteiger partial charge in [0, 0.05) is 39.7 Å². The third-order valence-corrected chi connectivity index (χ3v) is 11.2. The number of hydrogen-bond donors (Lipinski definition) is 1. The van der Waals surface area contributed by atoms with E-state index in [0.717, 1.165) is 23.4 Å². The van der Waals surface area contributed by atoms with Gasteiger partial charge in [0.1, 0.15) is 0 Å². The van der Waals surface area contributed by atoms with Gasteiger partial charge in [0.15, 0.2) is 0 Å². The Morgan fingerprint density at radius 1 is 0.571 bits per heavy atom. The smallest absolute Gasteiger partial charge is 0.0626 e. The molecule has 1 unspecified atom stereocenters. The van der Waals surface area contributed by atoms with Crippen molar-refractivity contribution in [2.24, 2.45) is 0 Å². The Kier molecular flexibility index (Phi) is 8.70. The van der Waals surface area contributed by atoms with E-state index in [4.69, 9.17) is 0 Å². The molecule has 0 bridgehead atoms. The normalized spacial score (nSPS) is 14.9. The van der Waals surface area contributed by atoms with Gasteiger partial charge in [0.05, 0.1) is 11.0 Å². The van der Waals surface area contributed by atoms with Crippen molar-refractivity contribution < 1.29 is 0 Å². The topological polar surface area (TPSA) is 17.0 Å². The predicted molar refractivity (Wildman–Crippen MR) is 240 cm³/mol. The molecular formula is C54H40N2. The largest absolute Gasteiger partial charge is 0.362 e. The summed E-state index contributed by atoms with van der Waals surface area (Å²) < 4.78 is 2.48. The monoisotopic (exact) mass is 716 g/mol. The van der Waals surface area contributed by atoms with Gasteiger partial charge >= 0.3 is 0 Å². The van der Waals surface area contributed by atoms with Gasteiger partial charge in [0.25, 0.3) is 0 Å². The molecule has 9 aromatic rings. The molecule has 10 rings (SSSR count). The number of nitrogens with one attached hydrogen (secondary N) is 1. The van der Waals surface area contributed by atoms with Gasteiger partial charge in [-0.05, 0) is 86.0 Å². The average Bonchev–Trinajstić information content (AvgIpc) is 3.63. The molecule has 0 saturated carbocycles. The minimum Gasteiger partial charge on any atom is -0.362 e. The van der Waals surface area contributed by atoms with Gasteiger partial charge in [-0.25, -0.2) is 0 Å². The van der Waals surface area contributed by atoms with Crippen LogP contribution in [-0.4, -0.2) is 4.57 Å². The highest BCUT2D eigenvalue weighted by molar-refractivity contribution is 6.36. The Morgan fingerprint density at radius 2 is 1.21 bits per heavy atom. The number of hydrogen-bond acceptors (Lipinski definition) is 1. The van der Waals surface area contributed by atoms with Crippen LogP contribution in [0.15, 0.2) is 218 Å². The maximum absolute atomic E-state index is 3.56. The number of allylic oxidation sites excluding steroid dienone is 7. The van der Waals surface area contributed by atoms with Crippen LogP contribution >= 0.6 is 0 Å². The van der Waals surface area contributed by atoms with E-state index in [1.54, 1.807) is 0 Å². The van der Waals surface area contributed by atoms with Gasteiger partial charge in [-0.2, -0.15) is 0 Å². The van der Waals surface area contributed by atoms with Crippen molar-refractivity contribution in [1.29, 1.82) is 0 Å². The molecule has 0 aliphatic heterocycles. The highest BCUT2D eigenvalue weighted by Gasteiger charge is 2.20. The summed E-state index contributed by atoms with van der Waals surface area (Å²) >= 11 is 0. The maximum Gasteiger partial charge on any atom is 0.0626 e. The van der Waals surface area contributed by atoms with Crippen molar-refractivity contribution >= 4 is 65.9 Å². The molecule has 1 heterocycles. The Morgan fingerprint density at radius 3 is 1.96 bits per heavy atom. The zero-order valence-electron chi connectivity index (χ0n) is 31.0. The molecule has 1 aliphatic carbocycles. The van der Waals surface area contributed by atoms with Crippen LogP contribution in [0.3, 0.4) is 0 Å². The summed E-state index contributed by atoms with van der Waals surface area (Å²) in [4.78, 5) is 0. The van der Waals surface area contributed by atoms with Gasteiger partial charge in [-0.15, -0.1) is 0 Å². The van der Waals surface area contributed by atoms with Crippen molar-refractivity contribution in [2.75, 3.05) is 0 Å². The molecule has 0 radical (unpaired) electrons. The first-order valence-corrected chi connectivity index (χ1v) is 19.5. The fourth-order valence-electron chi connectivity index (χ4n) is 8.48. The second-order valence-corrected chi connectivity index (χ2v) is 14.5. The summed E-state index contributed by atoms with van der Waals surface area (Å²) in [5, 5.41) is 13.6. The maximum atomic E-state index is 3.56. The van der Waals surface area contributed by atoms with E-state index < -0.39 is 0 Å². The lowest BCUT2D eigenvalue weighted by Crippen LogP contribution is -2.07. The van der Waals surface area contributed by atoms with E-state index in [9.17, 15) is 0 Å². The van der Waals surface area contributed by atoms with Gasteiger partial charge in [-0.1, -0.05) is 182 Å². The lowest BCUT2D eigenvalue weighted by atomic mass is 9.92. The predicted octanol–water partition coefficient (Wildman–Crippen LogP) is 14.2. The van der Waals surface area contributed by atoms with Crippen molar-refractivity contribution in [2.45, 2.75) is 12.3 Å². The zero-order chi connectivity index (χ0) is 37.3. The first-order valence-electron chi connectivity index (χ1n) is 19.5. The van der Waals surface area contributed by atoms with E-state index in [1.165, 1.54) is 70.8 Å². The number of nitrogens with zero attached hydrogens (tertiary/aromatic N) is 1. The minimum atomic E-state index is 0.404. The van der Waals surface area contributed by atoms with E-state index in [2.05, 4.69) is 228 Å². The van der Waals surface area contributed by atoms with Crippen LogP contribution in [0.1, 0.15) is 23.5 Å². The summed E-state index contributed by atoms with van der Waals surface area (Å²) in [6.45, 7) is 0. The van der Waals surface area contributed by atoms with E-state index in [-0.39, 0.29) is 0 Å². The van der Waals surface area contributed by atoms with Crippen LogP contribution in [0.5, 0.6) is 0 Å². The summed E-state index contributed by atoms with van der Waals surface area (Å²) in [7, 11) is 0. The molecule has 266 valence electrons. The van der Waals surface area contributed by atoms with E-state index in [0.29, 0.717) is 5.92 Å². The fraction of sp³-hybridized carbons (Fsp3) is 0.0370. The Bertz CT molecular complexity index is 3050. The van der Waals surface area contributed by atoms with Crippen LogP contribution < -0.4 is 5.32 Å². The van der Waals surface area contributed by atoms with Gasteiger partial charge in [0.2, 0.25) is 0 Å². The first-order chi connectivity index (χ1) is 27.8. The van der Waals surface area contributed by atoms with Crippen molar-refractivity contribution in [1.82, 2.24) is 9.88 Å². The number of benzene rings is 8. The molecule has 0 spiro atoms. The minimum absolute atomic E-state index is 0.404. The highest BCUT2D eigenvalue weighted by Crippen LogP contribution is 2.44. The van der Waals surface area contributed by atoms with Crippen molar-refractivity contribution in [3.63, 3.8) is 0 Å². The highest BCUT2D eigenvalue weighted by atomic mass is 15.0. The van der Waals surface area contributed by atoms with Crippen molar-refractivity contribution in [3.05, 3.63) is 229 Å². The zero-order valence-corrected chi connectivity index (χ0v) is 31.0. The summed E-state index contributed by atoms with van der Waals surface area (Å²) in [5.74, 6) is 0.404. The molecule has 0 saturated heterocycles. The van der Waals surface area contributed by atoms with Gasteiger partial charge in [-0.3, -0.25) is 0 Å². The van der Waals surface area contributed by atoms with E-state index in [1.807, 2.05) is 0 Å². The fourth-order valence-corrected chi connectivity index (χ4v) is 8.48. The molecule has 1 N–H and O–H groups in total. The standard InChI is InChI=1S/C54H40N2/c1-3-14-39(15-4-1)41-28-25-38(26-29-41)27-35-45(19-13-37-55-44-33-30-42(31-34-44)40-16-5-2-6-17-40)56-51-36-32-43-18-7-8-20-46(43)52(51)53-49-23-11-9-21-47(49)48-22-10-12-24-50(48)54(53)56/h1-30,32-37,42,55H,31H2/b35-27-,37-13+,45-19+. The second kappa shape index (κ2) is 14.6. The summed E-state index contributed by atoms with van der Waals surface area (Å²) in [6, 6.07) is 61.3. The van der Waals surface area contributed by atoms with Crippen LogP contribution in [0.25, 0.3) is 77.0 Å². The SMILES string of the molecule is C1=CC(c2ccccc2)CC=C1N/C=C/C=C(\C=C/c1ccc(-c2ccccc2)cc1)n1c2ccc3ccccc3c2c2c3ccccc3c3ccccc3c21. The molecule has 2 nitrogen and oxygen atoms in total. The van der Waals surface area contributed by atoms with Crippen LogP contribution in [-0.2, 0) is 0 Å². The molecule has 8 aromatic carbocycles. The average molecular weight is 717 g/mol. The molecule has 0 fully saturated rings. The number of aromatic nitrogens is 1. The van der Waals surface area contributed by atoms with Crippen LogP contribution in [0, 0.1) is 0 Å². The Hall–Kier alpha value is -7.16. The molecule has 1 atom stereocenters. The molecule has 1 aromatic heterocycles. The number of rotatable bonds is 8. The quantitative estimate of drug-likeness (QED) is 0.122. The van der Waals surface area contributed by atoms with Crippen molar-refractivity contribution in [3.8, 4) is 11.1 Å². The Balaban J connectivity index is 1.13. The summed E-state index contributed by atoms with van der Waals surface area (Å²) in [5.41, 5.74) is 9.50. The lowest BCUT2D eigenvalue weighted by Gasteiger charge is -2.16. The molecule has 0 amide bonds. The van der Waals surface area contributed by atoms with Crippen LogP contribution in [0.4, 0.5) is 0 Å². The third kappa shape index (κ3) is 6.12. The Labute approximate surface area is 327 Å².